The Hall–Kier alpha value is -1.59. The molecule has 0 fully saturated rings. The number of methoxy groups -OCH3 is 1. The summed E-state index contributed by atoms with van der Waals surface area (Å²) in [6.07, 6.45) is 0.788. The molecule has 0 saturated carbocycles. The molecule has 1 unspecified atom stereocenters. The van der Waals surface area contributed by atoms with Gasteiger partial charge in [-0.2, -0.15) is 0 Å². The molecule has 1 rings (SSSR count). The quantitative estimate of drug-likeness (QED) is 0.703. The van der Waals surface area contributed by atoms with Gasteiger partial charge in [-0.05, 0) is 30.5 Å². The van der Waals surface area contributed by atoms with Crippen LogP contribution in [0.25, 0.3) is 0 Å². The van der Waals surface area contributed by atoms with E-state index < -0.39 is 5.97 Å². The van der Waals surface area contributed by atoms with Crippen molar-refractivity contribution < 1.29 is 19.4 Å². The highest BCUT2D eigenvalue weighted by atomic mass is 16.5. The van der Waals surface area contributed by atoms with E-state index in [2.05, 4.69) is 5.32 Å². The van der Waals surface area contributed by atoms with Gasteiger partial charge in [-0.3, -0.25) is 5.32 Å². The fourth-order valence-corrected chi connectivity index (χ4v) is 1.64. The summed E-state index contributed by atoms with van der Waals surface area (Å²) < 4.78 is 10.4. The van der Waals surface area contributed by atoms with Gasteiger partial charge in [0.2, 0.25) is 0 Å². The smallest absolute Gasteiger partial charge is 0.341 e. The van der Waals surface area contributed by atoms with E-state index in [4.69, 9.17) is 14.6 Å². The number of carboxylic acids is 1. The van der Waals surface area contributed by atoms with Crippen LogP contribution in [-0.2, 0) is 22.5 Å². The minimum Gasteiger partial charge on any atom is -0.482 e. The molecule has 5 nitrogen and oxygen atoms in total. The molecule has 2 N–H and O–H groups in total. The summed E-state index contributed by atoms with van der Waals surface area (Å²) in [4.78, 5) is 10.5. The topological polar surface area (TPSA) is 67.8 Å². The average Bonchev–Trinajstić information content (AvgIpc) is 2.42. The van der Waals surface area contributed by atoms with Crippen molar-refractivity contribution >= 4 is 5.97 Å². The number of carbonyl (C=O) groups is 1. The molecular weight excluding hydrogens is 246 g/mol. The van der Waals surface area contributed by atoms with Crippen LogP contribution in [-0.4, -0.2) is 31.0 Å². The monoisotopic (exact) mass is 267 g/mol. The summed E-state index contributed by atoms with van der Waals surface area (Å²) in [5.74, 6) is -0.338. The first-order valence-corrected chi connectivity index (χ1v) is 6.29. The van der Waals surface area contributed by atoms with E-state index >= 15 is 0 Å². The largest absolute Gasteiger partial charge is 0.482 e. The maximum atomic E-state index is 10.5. The molecule has 5 heteroatoms. The highest BCUT2D eigenvalue weighted by Crippen LogP contribution is 2.21. The van der Waals surface area contributed by atoms with Gasteiger partial charge in [-0.1, -0.05) is 19.1 Å². The lowest BCUT2D eigenvalue weighted by molar-refractivity contribution is -0.139. The van der Waals surface area contributed by atoms with E-state index in [0.29, 0.717) is 12.3 Å². The molecule has 0 heterocycles. The summed E-state index contributed by atoms with van der Waals surface area (Å²) in [5, 5.41) is 11.8. The number of ether oxygens (including phenoxy) is 2. The van der Waals surface area contributed by atoms with Gasteiger partial charge in [-0.25, -0.2) is 4.79 Å². The predicted octanol–water partition coefficient (Wildman–Crippen LogP) is 1.79. The Morgan fingerprint density at radius 3 is 2.79 bits per heavy atom. The van der Waals surface area contributed by atoms with E-state index in [-0.39, 0.29) is 12.8 Å². The lowest BCUT2D eigenvalue weighted by Gasteiger charge is -2.14. The third-order valence-corrected chi connectivity index (χ3v) is 2.80. The first kappa shape index (κ1) is 15.5. The molecule has 0 aliphatic carbocycles. The minimum atomic E-state index is -0.971. The first-order valence-electron chi connectivity index (χ1n) is 6.29. The van der Waals surface area contributed by atoms with Gasteiger partial charge >= 0.3 is 5.97 Å². The van der Waals surface area contributed by atoms with Crippen LogP contribution in [0.15, 0.2) is 18.2 Å². The van der Waals surface area contributed by atoms with Gasteiger partial charge in [0.05, 0.1) is 0 Å². The zero-order valence-electron chi connectivity index (χ0n) is 11.6. The fourth-order valence-electron chi connectivity index (χ4n) is 1.64. The van der Waals surface area contributed by atoms with Crippen LogP contribution in [0.1, 0.15) is 25.0 Å². The molecule has 0 aliphatic heterocycles. The summed E-state index contributed by atoms with van der Waals surface area (Å²) in [5.41, 5.74) is 2.12. The Labute approximate surface area is 113 Å². The maximum Gasteiger partial charge on any atom is 0.341 e. The second-order valence-corrected chi connectivity index (χ2v) is 4.24. The molecule has 1 aromatic carbocycles. The second kappa shape index (κ2) is 7.76. The number of benzene rings is 1. The molecule has 106 valence electrons. The maximum absolute atomic E-state index is 10.5. The van der Waals surface area contributed by atoms with Gasteiger partial charge in [0.25, 0.3) is 0 Å². The Balaban J connectivity index is 2.69. The molecule has 0 bridgehead atoms. The van der Waals surface area contributed by atoms with Crippen molar-refractivity contribution in [3.8, 4) is 5.75 Å². The Bertz CT molecular complexity index is 420. The van der Waals surface area contributed by atoms with Crippen molar-refractivity contribution in [3.05, 3.63) is 29.3 Å². The van der Waals surface area contributed by atoms with Crippen LogP contribution in [0.2, 0.25) is 0 Å². The van der Waals surface area contributed by atoms with Gasteiger partial charge in [0.1, 0.15) is 12.0 Å². The molecule has 1 aromatic rings. The molecule has 19 heavy (non-hydrogen) atoms. The van der Waals surface area contributed by atoms with E-state index in [1.165, 1.54) is 0 Å². The molecule has 0 spiro atoms. The van der Waals surface area contributed by atoms with Crippen molar-refractivity contribution in [2.75, 3.05) is 13.7 Å². The summed E-state index contributed by atoms with van der Waals surface area (Å²) >= 11 is 0. The SMILES string of the molecule is CCc1cc(CNC(C)OC)ccc1OCC(=O)O. The van der Waals surface area contributed by atoms with E-state index in [1.54, 1.807) is 7.11 Å². The van der Waals surface area contributed by atoms with Crippen LogP contribution in [0, 0.1) is 0 Å². The second-order valence-electron chi connectivity index (χ2n) is 4.24. The zero-order valence-corrected chi connectivity index (χ0v) is 11.6. The summed E-state index contributed by atoms with van der Waals surface area (Å²) in [6, 6.07) is 5.76. The summed E-state index contributed by atoms with van der Waals surface area (Å²) in [6.45, 7) is 4.33. The number of hydrogen-bond acceptors (Lipinski definition) is 4. The van der Waals surface area contributed by atoms with E-state index in [0.717, 1.165) is 17.5 Å². The number of hydrogen-bond donors (Lipinski definition) is 2. The van der Waals surface area contributed by atoms with Crippen molar-refractivity contribution in [2.24, 2.45) is 0 Å². The molecule has 0 saturated heterocycles. The van der Waals surface area contributed by atoms with Gasteiger partial charge in [0, 0.05) is 13.7 Å². The number of aliphatic carboxylic acids is 1. The molecule has 0 radical (unpaired) electrons. The highest BCUT2D eigenvalue weighted by Gasteiger charge is 2.07. The zero-order chi connectivity index (χ0) is 14.3. The lowest BCUT2D eigenvalue weighted by atomic mass is 10.1. The fraction of sp³-hybridized carbons (Fsp3) is 0.500. The minimum absolute atomic E-state index is 0.00647. The standard InChI is InChI=1S/C14H21NO4/c1-4-12-7-11(8-15-10(2)18-3)5-6-13(12)19-9-14(16)17/h5-7,10,15H,4,8-9H2,1-3H3,(H,16,17). The number of nitrogens with one attached hydrogen (secondary N) is 1. The number of aryl methyl sites for hydroxylation is 1. The molecular formula is C14H21NO4. The third-order valence-electron chi connectivity index (χ3n) is 2.80. The Morgan fingerprint density at radius 2 is 2.21 bits per heavy atom. The number of rotatable bonds is 8. The van der Waals surface area contributed by atoms with Crippen LogP contribution < -0.4 is 10.1 Å². The molecule has 1 atom stereocenters. The predicted molar refractivity (Wildman–Crippen MR) is 72.3 cm³/mol. The van der Waals surface area contributed by atoms with Crippen LogP contribution in [0.4, 0.5) is 0 Å². The highest BCUT2D eigenvalue weighted by molar-refractivity contribution is 5.68. The molecule has 0 aliphatic rings. The van der Waals surface area contributed by atoms with Crippen molar-refractivity contribution in [1.82, 2.24) is 5.32 Å². The van der Waals surface area contributed by atoms with Crippen molar-refractivity contribution in [2.45, 2.75) is 33.0 Å². The molecule has 0 aromatic heterocycles. The summed E-state index contributed by atoms with van der Waals surface area (Å²) in [7, 11) is 1.65. The van der Waals surface area contributed by atoms with Crippen molar-refractivity contribution in [3.63, 3.8) is 0 Å². The van der Waals surface area contributed by atoms with Crippen molar-refractivity contribution in [1.29, 1.82) is 0 Å². The van der Waals surface area contributed by atoms with Gasteiger partial charge in [-0.15, -0.1) is 0 Å². The normalized spacial score (nSPS) is 12.2. The molecule has 0 amide bonds. The Morgan fingerprint density at radius 1 is 1.47 bits per heavy atom. The van der Waals surface area contributed by atoms with Gasteiger partial charge in [0.15, 0.2) is 6.61 Å². The first-order chi connectivity index (χ1) is 9.06. The van der Waals surface area contributed by atoms with E-state index in [9.17, 15) is 4.79 Å². The average molecular weight is 267 g/mol. The third kappa shape index (κ3) is 5.28. The lowest BCUT2D eigenvalue weighted by Crippen LogP contribution is -2.26. The van der Waals surface area contributed by atoms with Crippen LogP contribution >= 0.6 is 0 Å². The van der Waals surface area contributed by atoms with Crippen LogP contribution in [0.5, 0.6) is 5.75 Å². The van der Waals surface area contributed by atoms with Crippen LogP contribution in [0.3, 0.4) is 0 Å². The Kier molecular flexibility index (Phi) is 6.32. The number of carboxylic acid groups (broad SMARTS) is 1. The van der Waals surface area contributed by atoms with E-state index in [1.807, 2.05) is 32.0 Å². The van der Waals surface area contributed by atoms with Gasteiger partial charge < -0.3 is 14.6 Å².